The van der Waals surface area contributed by atoms with Gasteiger partial charge >= 0.3 is 0 Å². The van der Waals surface area contributed by atoms with Crippen LogP contribution in [0.1, 0.15) is 11.6 Å². The number of nitriles is 1. The lowest BCUT2D eigenvalue weighted by Gasteiger charge is -2.36. The molecule has 0 aromatic heterocycles. The minimum absolute atomic E-state index is 0.00929. The number of piperazine rings is 1. The lowest BCUT2D eigenvalue weighted by Crippen LogP contribution is -2.50. The quantitative estimate of drug-likeness (QED) is 0.750. The van der Waals surface area contributed by atoms with Gasteiger partial charge in [0.05, 0.1) is 19.2 Å². The molecule has 24 heavy (non-hydrogen) atoms. The Hall–Kier alpha value is -1.65. The van der Waals surface area contributed by atoms with Gasteiger partial charge in [-0.25, -0.2) is 0 Å². The Morgan fingerprint density at radius 3 is 2.58 bits per heavy atom. The van der Waals surface area contributed by atoms with E-state index in [9.17, 15) is 10.1 Å². The molecule has 0 aliphatic carbocycles. The van der Waals surface area contributed by atoms with Gasteiger partial charge in [-0.05, 0) is 17.7 Å². The number of halogens is 1. The summed E-state index contributed by atoms with van der Waals surface area (Å²) in [6, 6.07) is 9.49. The number of rotatable bonds is 7. The van der Waals surface area contributed by atoms with Crippen molar-refractivity contribution in [2.45, 2.75) is 6.04 Å². The highest BCUT2D eigenvalue weighted by atomic mass is 35.5. The highest BCUT2D eigenvalue weighted by Crippen LogP contribution is 2.23. The summed E-state index contributed by atoms with van der Waals surface area (Å²) < 4.78 is 4.91. The average molecular weight is 351 g/mol. The van der Waals surface area contributed by atoms with Gasteiger partial charge in [0.25, 0.3) is 0 Å². The van der Waals surface area contributed by atoms with Crippen LogP contribution in [0.5, 0.6) is 0 Å². The van der Waals surface area contributed by atoms with E-state index in [1.165, 1.54) is 0 Å². The predicted molar refractivity (Wildman–Crippen MR) is 92.7 cm³/mol. The van der Waals surface area contributed by atoms with Crippen molar-refractivity contribution in [1.29, 1.82) is 5.26 Å². The largest absolute Gasteiger partial charge is 0.383 e. The number of carbonyl (C=O) groups excluding carboxylic acids is 1. The molecule has 1 heterocycles. The van der Waals surface area contributed by atoms with Gasteiger partial charge in [-0.15, -0.1) is 0 Å². The van der Waals surface area contributed by atoms with Crippen LogP contribution in [0.15, 0.2) is 24.3 Å². The molecule has 1 aliphatic heterocycles. The zero-order valence-electron chi connectivity index (χ0n) is 13.9. The number of amides is 1. The first-order valence-electron chi connectivity index (χ1n) is 8.01. The van der Waals surface area contributed by atoms with Crippen LogP contribution in [0.25, 0.3) is 0 Å². The zero-order chi connectivity index (χ0) is 17.4. The molecule has 130 valence electrons. The van der Waals surface area contributed by atoms with E-state index in [-0.39, 0.29) is 11.9 Å². The topological polar surface area (TPSA) is 68.6 Å². The normalized spacial score (nSPS) is 17.2. The molecule has 1 aliphatic rings. The molecule has 6 nitrogen and oxygen atoms in total. The van der Waals surface area contributed by atoms with Crippen molar-refractivity contribution >= 4 is 17.5 Å². The van der Waals surface area contributed by atoms with Gasteiger partial charge in [-0.2, -0.15) is 5.26 Å². The Morgan fingerprint density at radius 1 is 1.33 bits per heavy atom. The third kappa shape index (κ3) is 5.46. The molecule has 0 bridgehead atoms. The van der Waals surface area contributed by atoms with Crippen LogP contribution in [-0.4, -0.2) is 68.7 Å². The number of carbonyl (C=O) groups is 1. The van der Waals surface area contributed by atoms with Crippen molar-refractivity contribution in [3.63, 3.8) is 0 Å². The van der Waals surface area contributed by atoms with Crippen molar-refractivity contribution in [1.82, 2.24) is 15.1 Å². The molecule has 1 aromatic carbocycles. The number of methoxy groups -OCH3 is 1. The molecule has 1 aromatic rings. The van der Waals surface area contributed by atoms with E-state index in [2.05, 4.69) is 21.2 Å². The lowest BCUT2D eigenvalue weighted by atomic mass is 10.1. The van der Waals surface area contributed by atoms with E-state index in [0.29, 0.717) is 24.7 Å². The summed E-state index contributed by atoms with van der Waals surface area (Å²) in [4.78, 5) is 16.1. The molecule has 1 fully saturated rings. The zero-order valence-corrected chi connectivity index (χ0v) is 14.6. The molecule has 0 radical (unpaired) electrons. The second-order valence-corrected chi connectivity index (χ2v) is 6.17. The maximum atomic E-state index is 11.8. The Kier molecular flexibility index (Phi) is 7.47. The van der Waals surface area contributed by atoms with Crippen LogP contribution in [0, 0.1) is 11.3 Å². The van der Waals surface area contributed by atoms with Gasteiger partial charge in [0, 0.05) is 44.9 Å². The van der Waals surface area contributed by atoms with Crippen LogP contribution in [0.4, 0.5) is 0 Å². The number of nitrogens with one attached hydrogen (secondary N) is 1. The van der Waals surface area contributed by atoms with Crippen LogP contribution in [0.3, 0.4) is 0 Å². The molecule has 7 heteroatoms. The minimum atomic E-state index is -0.278. The molecule has 1 unspecified atom stereocenters. The smallest absolute Gasteiger partial charge is 0.234 e. The minimum Gasteiger partial charge on any atom is -0.383 e. The monoisotopic (exact) mass is 350 g/mol. The average Bonchev–Trinajstić information content (AvgIpc) is 2.59. The maximum Gasteiger partial charge on any atom is 0.234 e. The second-order valence-electron chi connectivity index (χ2n) is 5.74. The van der Waals surface area contributed by atoms with E-state index >= 15 is 0 Å². The van der Waals surface area contributed by atoms with Crippen LogP contribution >= 0.6 is 11.6 Å². The summed E-state index contributed by atoms with van der Waals surface area (Å²) >= 11 is 5.91. The first-order chi connectivity index (χ1) is 11.6. The predicted octanol–water partition coefficient (Wildman–Crippen LogP) is 1.28. The van der Waals surface area contributed by atoms with E-state index < -0.39 is 0 Å². The number of hydrogen-bond donors (Lipinski definition) is 1. The Balaban J connectivity index is 1.82. The summed E-state index contributed by atoms with van der Waals surface area (Å²) in [5, 5.41) is 13.0. The Labute approximate surface area is 147 Å². The van der Waals surface area contributed by atoms with Crippen molar-refractivity contribution in [3.05, 3.63) is 34.9 Å². The van der Waals surface area contributed by atoms with E-state index in [1.54, 1.807) is 7.11 Å². The highest BCUT2D eigenvalue weighted by Gasteiger charge is 2.25. The maximum absolute atomic E-state index is 11.8. The summed E-state index contributed by atoms with van der Waals surface area (Å²) in [7, 11) is 1.61. The van der Waals surface area contributed by atoms with Crippen molar-refractivity contribution in [2.75, 3.05) is 53.0 Å². The molecule has 1 N–H and O–H groups in total. The number of ether oxygens (including phenoxy) is 1. The third-order valence-electron chi connectivity index (χ3n) is 4.08. The molecule has 1 amide bonds. The molecule has 1 atom stereocenters. The highest BCUT2D eigenvalue weighted by molar-refractivity contribution is 6.30. The van der Waals surface area contributed by atoms with E-state index in [1.807, 2.05) is 24.3 Å². The van der Waals surface area contributed by atoms with Gasteiger partial charge in [-0.3, -0.25) is 14.6 Å². The van der Waals surface area contributed by atoms with Gasteiger partial charge < -0.3 is 10.1 Å². The summed E-state index contributed by atoms with van der Waals surface area (Å²) in [5.74, 6) is 0.00929. The SMILES string of the molecule is COCCNC(=O)CN1CCN(C(C#N)c2ccc(Cl)cc2)CC1. The number of nitrogens with zero attached hydrogens (tertiary/aromatic N) is 3. The van der Waals surface area contributed by atoms with Crippen molar-refractivity contribution < 1.29 is 9.53 Å². The number of hydrogen-bond acceptors (Lipinski definition) is 5. The first kappa shape index (κ1) is 18.7. The van der Waals surface area contributed by atoms with Gasteiger partial charge in [0.2, 0.25) is 5.91 Å². The Bertz CT molecular complexity index is 565. The van der Waals surface area contributed by atoms with E-state index in [0.717, 1.165) is 31.7 Å². The van der Waals surface area contributed by atoms with Crippen LogP contribution < -0.4 is 5.32 Å². The summed E-state index contributed by atoms with van der Waals surface area (Å²) in [6.45, 7) is 4.48. The fourth-order valence-electron chi connectivity index (χ4n) is 2.74. The van der Waals surface area contributed by atoms with Crippen molar-refractivity contribution in [3.8, 4) is 6.07 Å². The van der Waals surface area contributed by atoms with Gasteiger partial charge in [-0.1, -0.05) is 23.7 Å². The Morgan fingerprint density at radius 2 is 2.00 bits per heavy atom. The van der Waals surface area contributed by atoms with Crippen LogP contribution in [-0.2, 0) is 9.53 Å². The first-order valence-corrected chi connectivity index (χ1v) is 8.39. The molecular formula is C17H23ClN4O2. The molecule has 1 saturated heterocycles. The standard InChI is InChI=1S/C17H23ClN4O2/c1-24-11-6-20-17(23)13-21-7-9-22(10-8-21)16(12-19)14-2-4-15(18)5-3-14/h2-5,16H,6-11,13H2,1H3,(H,20,23). The number of benzene rings is 1. The lowest BCUT2D eigenvalue weighted by molar-refractivity contribution is -0.122. The molecular weight excluding hydrogens is 328 g/mol. The summed E-state index contributed by atoms with van der Waals surface area (Å²) in [6.07, 6.45) is 0. The fraction of sp³-hybridized carbons (Fsp3) is 0.529. The molecule has 2 rings (SSSR count). The molecule has 0 saturated carbocycles. The van der Waals surface area contributed by atoms with Gasteiger partial charge in [0.15, 0.2) is 0 Å². The van der Waals surface area contributed by atoms with Crippen LogP contribution in [0.2, 0.25) is 5.02 Å². The third-order valence-corrected chi connectivity index (χ3v) is 4.33. The van der Waals surface area contributed by atoms with E-state index in [4.69, 9.17) is 16.3 Å². The fourth-order valence-corrected chi connectivity index (χ4v) is 2.87. The summed E-state index contributed by atoms with van der Waals surface area (Å²) in [5.41, 5.74) is 0.952. The van der Waals surface area contributed by atoms with Crippen molar-refractivity contribution in [2.24, 2.45) is 0 Å². The molecule has 0 spiro atoms. The van der Waals surface area contributed by atoms with Gasteiger partial charge in [0.1, 0.15) is 6.04 Å². The second kappa shape index (κ2) is 9.60.